The van der Waals surface area contributed by atoms with Crippen LogP contribution in [0.15, 0.2) is 18.2 Å². The average Bonchev–Trinajstić information content (AvgIpc) is 2.15. The molecule has 0 saturated carbocycles. The van der Waals surface area contributed by atoms with Crippen LogP contribution in [0.2, 0.25) is 0 Å². The Kier molecular flexibility index (Phi) is 4.20. The summed E-state index contributed by atoms with van der Waals surface area (Å²) in [5.74, 6) is 0.205. The number of carbonyl (C=O) groups is 1. The lowest BCUT2D eigenvalue weighted by Crippen LogP contribution is -2.16. The summed E-state index contributed by atoms with van der Waals surface area (Å²) in [4.78, 5) is 21.2. The fraction of sp³-hybridized carbons (Fsp3) is 0.417. The Labute approximate surface area is 99.5 Å². The summed E-state index contributed by atoms with van der Waals surface area (Å²) in [7, 11) is 0. The predicted octanol–water partition coefficient (Wildman–Crippen LogP) is 2.65. The Hall–Kier alpha value is -1.91. The molecule has 0 aliphatic carbocycles. The summed E-state index contributed by atoms with van der Waals surface area (Å²) >= 11 is 0. The summed E-state index contributed by atoms with van der Waals surface area (Å²) in [6, 6.07) is 4.67. The first kappa shape index (κ1) is 13.2. The van der Waals surface area contributed by atoms with Crippen LogP contribution >= 0.6 is 0 Å². The molecule has 0 fully saturated rings. The Bertz CT molecular complexity index is 442. The third-order valence-corrected chi connectivity index (χ3v) is 2.22. The smallest absolute Gasteiger partial charge is 0.310 e. The lowest BCUT2D eigenvalue weighted by Gasteiger charge is -2.13. The lowest BCUT2D eigenvalue weighted by molar-refractivity contribution is -0.386. The van der Waals surface area contributed by atoms with E-state index in [9.17, 15) is 14.9 Å². The number of hydrogen-bond donors (Lipinski definition) is 0. The fourth-order valence-corrected chi connectivity index (χ4v) is 1.53. The monoisotopic (exact) mass is 237 g/mol. The molecule has 1 atom stereocenters. The van der Waals surface area contributed by atoms with Crippen LogP contribution in [0.3, 0.4) is 0 Å². The van der Waals surface area contributed by atoms with Gasteiger partial charge in [0, 0.05) is 12.5 Å². The second kappa shape index (κ2) is 5.43. The quantitative estimate of drug-likeness (QED) is 0.583. The molecule has 17 heavy (non-hydrogen) atoms. The van der Waals surface area contributed by atoms with Crippen molar-refractivity contribution >= 4 is 11.5 Å². The van der Waals surface area contributed by atoms with Crippen molar-refractivity contribution in [1.82, 2.24) is 0 Å². The largest absolute Gasteiger partial charge is 0.483 e. The minimum Gasteiger partial charge on any atom is -0.483 e. The van der Waals surface area contributed by atoms with Crippen molar-refractivity contribution in [1.29, 1.82) is 0 Å². The number of nitro benzene ring substituents is 1. The van der Waals surface area contributed by atoms with Crippen molar-refractivity contribution in [2.24, 2.45) is 0 Å². The zero-order valence-electron chi connectivity index (χ0n) is 10.1. The number of rotatable bonds is 5. The molecule has 1 aromatic rings. The minimum atomic E-state index is -0.491. The molecule has 1 aromatic carbocycles. The molecule has 0 radical (unpaired) electrons. The maximum atomic E-state index is 10.9. The maximum absolute atomic E-state index is 10.9. The van der Waals surface area contributed by atoms with Gasteiger partial charge in [-0.2, -0.15) is 0 Å². The highest BCUT2D eigenvalue weighted by atomic mass is 16.6. The molecule has 0 amide bonds. The molecule has 0 spiro atoms. The number of ether oxygens (including phenoxy) is 1. The Morgan fingerprint density at radius 3 is 2.71 bits per heavy atom. The Balaban J connectivity index is 2.92. The molecule has 0 saturated heterocycles. The molecule has 1 unspecified atom stereocenters. The third-order valence-electron chi connectivity index (χ3n) is 2.22. The van der Waals surface area contributed by atoms with Crippen molar-refractivity contribution < 1.29 is 14.5 Å². The Morgan fingerprint density at radius 2 is 2.18 bits per heavy atom. The fourth-order valence-electron chi connectivity index (χ4n) is 1.53. The highest BCUT2D eigenvalue weighted by Crippen LogP contribution is 2.28. The second-order valence-corrected chi connectivity index (χ2v) is 4.06. The van der Waals surface area contributed by atoms with Crippen molar-refractivity contribution in [3.8, 4) is 5.75 Å². The second-order valence-electron chi connectivity index (χ2n) is 4.06. The average molecular weight is 237 g/mol. The zero-order valence-corrected chi connectivity index (χ0v) is 10.1. The number of nitrogens with zero attached hydrogens (tertiary/aromatic N) is 1. The van der Waals surface area contributed by atoms with Gasteiger partial charge in [0.25, 0.3) is 0 Å². The van der Waals surface area contributed by atoms with E-state index < -0.39 is 4.92 Å². The van der Waals surface area contributed by atoms with Gasteiger partial charge in [-0.1, -0.05) is 6.07 Å². The molecule has 5 heteroatoms. The van der Waals surface area contributed by atoms with E-state index in [-0.39, 0.29) is 29.7 Å². The molecule has 0 aliphatic rings. The van der Waals surface area contributed by atoms with E-state index in [0.29, 0.717) is 0 Å². The zero-order chi connectivity index (χ0) is 13.0. The van der Waals surface area contributed by atoms with Gasteiger partial charge in [0.2, 0.25) is 0 Å². The first-order chi connectivity index (χ1) is 7.90. The first-order valence-corrected chi connectivity index (χ1v) is 5.31. The number of benzene rings is 1. The molecule has 0 aromatic heterocycles. The molecular weight excluding hydrogens is 222 g/mol. The van der Waals surface area contributed by atoms with E-state index in [0.717, 1.165) is 5.56 Å². The molecule has 0 N–H and O–H groups in total. The molecule has 0 aliphatic heterocycles. The molecule has 92 valence electrons. The van der Waals surface area contributed by atoms with E-state index in [1.807, 2.05) is 6.92 Å². The summed E-state index contributed by atoms with van der Waals surface area (Å²) in [6.45, 7) is 5.00. The van der Waals surface area contributed by atoms with Gasteiger partial charge in [0.1, 0.15) is 11.9 Å². The van der Waals surface area contributed by atoms with Crippen molar-refractivity contribution in [2.45, 2.75) is 33.3 Å². The SMILES string of the molecule is CC(=O)CC(C)Oc1cc(C)ccc1[N+](=O)[O-]. The van der Waals surface area contributed by atoms with E-state index in [1.54, 1.807) is 19.1 Å². The van der Waals surface area contributed by atoms with Crippen LogP contribution in [0.1, 0.15) is 25.8 Å². The minimum absolute atomic E-state index is 0.00666. The van der Waals surface area contributed by atoms with Gasteiger partial charge in [-0.3, -0.25) is 14.9 Å². The summed E-state index contributed by atoms with van der Waals surface area (Å²) in [5, 5.41) is 10.8. The first-order valence-electron chi connectivity index (χ1n) is 5.31. The van der Waals surface area contributed by atoms with Crippen LogP contribution in [0.4, 0.5) is 5.69 Å². The molecule has 5 nitrogen and oxygen atoms in total. The van der Waals surface area contributed by atoms with Gasteiger partial charge < -0.3 is 4.74 Å². The van der Waals surface area contributed by atoms with E-state index in [4.69, 9.17) is 4.74 Å². The number of nitro groups is 1. The number of ketones is 1. The van der Waals surface area contributed by atoms with Crippen molar-refractivity contribution in [3.63, 3.8) is 0 Å². The Morgan fingerprint density at radius 1 is 1.53 bits per heavy atom. The number of aryl methyl sites for hydroxylation is 1. The van der Waals surface area contributed by atoms with Gasteiger partial charge in [0.05, 0.1) is 4.92 Å². The highest BCUT2D eigenvalue weighted by Gasteiger charge is 2.17. The maximum Gasteiger partial charge on any atom is 0.310 e. The number of hydrogen-bond acceptors (Lipinski definition) is 4. The van der Waals surface area contributed by atoms with Crippen molar-refractivity contribution in [3.05, 3.63) is 33.9 Å². The summed E-state index contributed by atoms with van der Waals surface area (Å²) in [5.41, 5.74) is 0.798. The highest BCUT2D eigenvalue weighted by molar-refractivity contribution is 5.76. The van der Waals surface area contributed by atoms with Crippen LogP contribution in [0.5, 0.6) is 5.75 Å². The van der Waals surface area contributed by atoms with Gasteiger partial charge in [-0.15, -0.1) is 0 Å². The molecule has 1 rings (SSSR count). The van der Waals surface area contributed by atoms with Gasteiger partial charge >= 0.3 is 5.69 Å². The van der Waals surface area contributed by atoms with E-state index in [1.165, 1.54) is 13.0 Å². The topological polar surface area (TPSA) is 69.4 Å². The number of carbonyl (C=O) groups excluding carboxylic acids is 1. The van der Waals surface area contributed by atoms with Crippen LogP contribution in [0.25, 0.3) is 0 Å². The predicted molar refractivity (Wildman–Crippen MR) is 63.2 cm³/mol. The number of Topliss-reactive ketones (excluding diaryl/α,β-unsaturated/α-hetero) is 1. The standard InChI is InChI=1S/C12H15NO4/c1-8-4-5-11(13(15)16)12(6-8)17-10(3)7-9(2)14/h4-6,10H,7H2,1-3H3. The van der Waals surface area contributed by atoms with Crippen LogP contribution < -0.4 is 4.74 Å². The van der Waals surface area contributed by atoms with Gasteiger partial charge in [0.15, 0.2) is 5.75 Å². The van der Waals surface area contributed by atoms with Gasteiger partial charge in [-0.25, -0.2) is 0 Å². The van der Waals surface area contributed by atoms with E-state index >= 15 is 0 Å². The third kappa shape index (κ3) is 3.86. The molecule has 0 bridgehead atoms. The van der Waals surface area contributed by atoms with Crippen LogP contribution in [-0.2, 0) is 4.79 Å². The lowest BCUT2D eigenvalue weighted by atomic mass is 10.2. The molecule has 0 heterocycles. The molecular formula is C12H15NO4. The normalized spacial score (nSPS) is 11.9. The van der Waals surface area contributed by atoms with Crippen LogP contribution in [-0.4, -0.2) is 16.8 Å². The van der Waals surface area contributed by atoms with E-state index in [2.05, 4.69) is 0 Å². The van der Waals surface area contributed by atoms with Crippen molar-refractivity contribution in [2.75, 3.05) is 0 Å². The van der Waals surface area contributed by atoms with Crippen LogP contribution in [0, 0.1) is 17.0 Å². The summed E-state index contributed by atoms with van der Waals surface area (Å²) < 4.78 is 5.44. The van der Waals surface area contributed by atoms with Gasteiger partial charge in [-0.05, 0) is 32.4 Å². The summed E-state index contributed by atoms with van der Waals surface area (Å²) in [6.07, 6.45) is -0.126.